The van der Waals surface area contributed by atoms with E-state index in [0.717, 1.165) is 0 Å². The first-order chi connectivity index (χ1) is 17.3. The summed E-state index contributed by atoms with van der Waals surface area (Å²) < 4.78 is 0. The van der Waals surface area contributed by atoms with E-state index in [2.05, 4.69) is 25.9 Å². The number of carbonyl (C=O) groups is 6. The van der Waals surface area contributed by atoms with Crippen molar-refractivity contribution in [3.63, 3.8) is 0 Å². The average molecular weight is 526 g/mol. The molecule has 15 nitrogen and oxygen atoms in total. The lowest BCUT2D eigenvalue weighted by atomic mass is 10.0. The van der Waals surface area contributed by atoms with E-state index in [1.807, 2.05) is 0 Å². The number of hydrogen-bond donors (Lipinski definition) is 8. The molecule has 4 amide bonds. The Balaban J connectivity index is 3.07. The summed E-state index contributed by atoms with van der Waals surface area (Å²) in [6.45, 7) is 3.58. The van der Waals surface area contributed by atoms with E-state index < -0.39 is 59.7 Å². The highest BCUT2D eigenvalue weighted by atomic mass is 16.4. The molecule has 4 unspecified atom stereocenters. The topological polar surface area (TPSA) is 260 Å². The molecule has 0 aliphatic rings. The number of carbonyl (C=O) groups excluding carboxylic acids is 4. The number of imidazole rings is 1. The summed E-state index contributed by atoms with van der Waals surface area (Å²) in [5, 5.41) is 25.5. The van der Waals surface area contributed by atoms with Gasteiger partial charge in [0.2, 0.25) is 23.6 Å². The van der Waals surface area contributed by atoms with Gasteiger partial charge >= 0.3 is 11.9 Å². The fourth-order valence-electron chi connectivity index (χ4n) is 3.31. The molecule has 4 atom stereocenters. The van der Waals surface area contributed by atoms with Crippen LogP contribution in [0.1, 0.15) is 51.6 Å². The zero-order valence-corrected chi connectivity index (χ0v) is 20.7. The SMILES string of the molecule is CC(C)CC(NC(=O)C(Cc1cnc[nH]1)NC(=O)C(CCC(N)=O)NC(=O)C(N)CCC(=O)O)C(=O)O. The Bertz CT molecular complexity index is 951. The Morgan fingerprint density at radius 3 is 2.03 bits per heavy atom. The molecule has 0 bridgehead atoms. The van der Waals surface area contributed by atoms with E-state index in [0.29, 0.717) is 5.69 Å². The van der Waals surface area contributed by atoms with Gasteiger partial charge in [0.1, 0.15) is 18.1 Å². The number of carboxylic acids is 2. The molecule has 0 fully saturated rings. The van der Waals surface area contributed by atoms with Crippen LogP contribution < -0.4 is 27.4 Å². The molecule has 0 aliphatic carbocycles. The molecule has 1 rings (SSSR count). The molecular formula is C22H35N7O8. The average Bonchev–Trinajstić information content (AvgIpc) is 3.31. The van der Waals surface area contributed by atoms with Gasteiger partial charge in [-0.1, -0.05) is 13.8 Å². The molecule has 0 radical (unpaired) electrons. The van der Waals surface area contributed by atoms with E-state index in [1.54, 1.807) is 13.8 Å². The second kappa shape index (κ2) is 15.2. The predicted octanol–water partition coefficient (Wildman–Crippen LogP) is -2.01. The summed E-state index contributed by atoms with van der Waals surface area (Å²) in [5.74, 6) is -5.65. The lowest BCUT2D eigenvalue weighted by Crippen LogP contribution is -2.57. The Morgan fingerprint density at radius 2 is 1.51 bits per heavy atom. The minimum Gasteiger partial charge on any atom is -0.481 e. The predicted molar refractivity (Wildman–Crippen MR) is 128 cm³/mol. The molecule has 37 heavy (non-hydrogen) atoms. The first kappa shape index (κ1) is 31.0. The van der Waals surface area contributed by atoms with Gasteiger partial charge in [0.15, 0.2) is 0 Å². The maximum absolute atomic E-state index is 13.1. The van der Waals surface area contributed by atoms with Crippen molar-refractivity contribution >= 4 is 35.6 Å². The van der Waals surface area contributed by atoms with Crippen molar-refractivity contribution in [3.05, 3.63) is 18.2 Å². The van der Waals surface area contributed by atoms with Gasteiger partial charge in [-0.15, -0.1) is 0 Å². The summed E-state index contributed by atoms with van der Waals surface area (Å²) >= 11 is 0. The quantitative estimate of drug-likeness (QED) is 0.111. The fraction of sp³-hybridized carbons (Fsp3) is 0.591. The van der Waals surface area contributed by atoms with Gasteiger partial charge in [-0.3, -0.25) is 24.0 Å². The number of nitrogens with one attached hydrogen (secondary N) is 4. The molecule has 1 heterocycles. The summed E-state index contributed by atoms with van der Waals surface area (Å²) in [6.07, 6.45) is 1.78. The van der Waals surface area contributed by atoms with E-state index in [-0.39, 0.29) is 44.4 Å². The normalized spacial score (nSPS) is 14.2. The van der Waals surface area contributed by atoms with Crippen molar-refractivity contribution in [2.24, 2.45) is 17.4 Å². The van der Waals surface area contributed by atoms with Crippen LogP contribution in [-0.4, -0.2) is 79.9 Å². The van der Waals surface area contributed by atoms with Crippen LogP contribution in [0.25, 0.3) is 0 Å². The molecule has 10 N–H and O–H groups in total. The Morgan fingerprint density at radius 1 is 0.919 bits per heavy atom. The van der Waals surface area contributed by atoms with Crippen molar-refractivity contribution in [2.75, 3.05) is 0 Å². The summed E-state index contributed by atoms with van der Waals surface area (Å²) in [6, 6.07) is -5.04. The Hall–Kier alpha value is -4.01. The van der Waals surface area contributed by atoms with Crippen molar-refractivity contribution in [3.8, 4) is 0 Å². The van der Waals surface area contributed by atoms with Gasteiger partial charge in [0.05, 0.1) is 12.4 Å². The largest absolute Gasteiger partial charge is 0.481 e. The highest BCUT2D eigenvalue weighted by molar-refractivity contribution is 5.94. The van der Waals surface area contributed by atoms with Gasteiger partial charge in [-0.05, 0) is 25.2 Å². The number of primary amides is 1. The third-order valence-corrected chi connectivity index (χ3v) is 5.25. The van der Waals surface area contributed by atoms with Gasteiger partial charge in [0.25, 0.3) is 0 Å². The molecule has 0 aromatic carbocycles. The maximum Gasteiger partial charge on any atom is 0.326 e. The van der Waals surface area contributed by atoms with Crippen LogP contribution in [0.4, 0.5) is 0 Å². The first-order valence-electron chi connectivity index (χ1n) is 11.7. The number of nitrogens with two attached hydrogens (primary N) is 2. The molecule has 206 valence electrons. The number of aromatic nitrogens is 2. The number of carboxylic acid groups (broad SMARTS) is 2. The smallest absolute Gasteiger partial charge is 0.326 e. The monoisotopic (exact) mass is 525 g/mol. The zero-order chi connectivity index (χ0) is 28.1. The van der Waals surface area contributed by atoms with E-state index in [4.69, 9.17) is 16.6 Å². The summed E-state index contributed by atoms with van der Waals surface area (Å²) in [4.78, 5) is 78.8. The van der Waals surface area contributed by atoms with Gasteiger partial charge in [-0.25, -0.2) is 9.78 Å². The molecule has 0 aliphatic heterocycles. The van der Waals surface area contributed by atoms with Crippen molar-refractivity contribution in [1.82, 2.24) is 25.9 Å². The molecule has 1 aromatic heterocycles. The number of rotatable bonds is 17. The summed E-state index contributed by atoms with van der Waals surface area (Å²) in [5.41, 5.74) is 11.3. The van der Waals surface area contributed by atoms with Crippen LogP contribution >= 0.6 is 0 Å². The minimum absolute atomic E-state index is 0.0409. The Kier molecular flexibility index (Phi) is 12.7. The van der Waals surface area contributed by atoms with Crippen LogP contribution in [0.15, 0.2) is 12.5 Å². The summed E-state index contributed by atoms with van der Waals surface area (Å²) in [7, 11) is 0. The van der Waals surface area contributed by atoms with Crippen LogP contribution in [0.5, 0.6) is 0 Å². The first-order valence-corrected chi connectivity index (χ1v) is 11.7. The van der Waals surface area contributed by atoms with Crippen LogP contribution in [0, 0.1) is 5.92 Å². The van der Waals surface area contributed by atoms with Crippen molar-refractivity contribution < 1.29 is 39.0 Å². The van der Waals surface area contributed by atoms with Crippen LogP contribution in [-0.2, 0) is 35.2 Å². The highest BCUT2D eigenvalue weighted by Crippen LogP contribution is 2.08. The second-order valence-corrected chi connectivity index (χ2v) is 8.98. The Labute approximate surface area is 213 Å². The third kappa shape index (κ3) is 12.0. The molecule has 0 saturated carbocycles. The molecular weight excluding hydrogens is 490 g/mol. The van der Waals surface area contributed by atoms with Crippen molar-refractivity contribution in [1.29, 1.82) is 0 Å². The number of amides is 4. The van der Waals surface area contributed by atoms with Crippen molar-refractivity contribution in [2.45, 2.75) is 76.5 Å². The van der Waals surface area contributed by atoms with Gasteiger partial charge < -0.3 is 42.6 Å². The molecule has 1 aromatic rings. The van der Waals surface area contributed by atoms with Crippen LogP contribution in [0.3, 0.4) is 0 Å². The van der Waals surface area contributed by atoms with E-state index in [1.165, 1.54) is 12.5 Å². The maximum atomic E-state index is 13.1. The van der Waals surface area contributed by atoms with E-state index in [9.17, 15) is 33.9 Å². The molecule has 0 saturated heterocycles. The van der Waals surface area contributed by atoms with Gasteiger partial charge in [0, 0.05) is 31.2 Å². The second-order valence-electron chi connectivity index (χ2n) is 8.98. The molecule has 15 heteroatoms. The highest BCUT2D eigenvalue weighted by Gasteiger charge is 2.31. The number of hydrogen-bond acceptors (Lipinski definition) is 8. The number of H-pyrrole nitrogens is 1. The zero-order valence-electron chi connectivity index (χ0n) is 20.7. The number of aliphatic carboxylic acids is 2. The van der Waals surface area contributed by atoms with E-state index >= 15 is 0 Å². The fourth-order valence-corrected chi connectivity index (χ4v) is 3.31. The third-order valence-electron chi connectivity index (χ3n) is 5.25. The lowest BCUT2D eigenvalue weighted by molar-refractivity contribution is -0.143. The minimum atomic E-state index is -1.33. The number of nitrogens with zero attached hydrogens (tertiary/aromatic N) is 1. The lowest BCUT2D eigenvalue weighted by Gasteiger charge is -2.25. The van der Waals surface area contributed by atoms with Gasteiger partial charge in [-0.2, -0.15) is 0 Å². The molecule has 0 spiro atoms. The number of aromatic amines is 1. The van der Waals surface area contributed by atoms with Crippen LogP contribution in [0.2, 0.25) is 0 Å². The standard InChI is InChI=1S/C22H35N7O8/c1-11(2)7-16(22(36)37)29-21(35)15(8-12-9-25-10-26-12)28-20(34)14(4-5-17(24)30)27-19(33)13(23)3-6-18(31)32/h9-11,13-16H,3-8,23H2,1-2H3,(H2,24,30)(H,25,26)(H,27,33)(H,28,34)(H,29,35)(H,31,32)(H,36,37).